The van der Waals surface area contributed by atoms with Gasteiger partial charge < -0.3 is 34.6 Å². The van der Waals surface area contributed by atoms with Crippen molar-refractivity contribution >= 4 is 34.8 Å². The molecular formula is C27H37ClN4O5. The number of rotatable bonds is 11. The van der Waals surface area contributed by atoms with Gasteiger partial charge in [0.25, 0.3) is 0 Å². The van der Waals surface area contributed by atoms with Crippen LogP contribution in [-0.4, -0.2) is 55.6 Å². The molecule has 1 aliphatic heterocycles. The number of halogens is 1. The molecule has 0 radical (unpaired) electrons. The number of alkyl carbamates (subject to hydrolysis) is 1. The topological polar surface area (TPSA) is 109 Å². The maximum Gasteiger partial charge on any atom is 0.407 e. The van der Waals surface area contributed by atoms with Crippen LogP contribution in [0.1, 0.15) is 44.7 Å². The van der Waals surface area contributed by atoms with Crippen LogP contribution in [0.15, 0.2) is 35.5 Å². The van der Waals surface area contributed by atoms with E-state index in [0.29, 0.717) is 56.9 Å². The molecule has 0 aliphatic carbocycles. The third-order valence-corrected chi connectivity index (χ3v) is 5.71. The number of nitrogens with zero attached hydrogens (tertiary/aromatic N) is 2. The molecule has 0 fully saturated rings. The third-order valence-electron chi connectivity index (χ3n) is 5.44. The van der Waals surface area contributed by atoms with Gasteiger partial charge in [-0.25, -0.2) is 9.79 Å². The van der Waals surface area contributed by atoms with Gasteiger partial charge in [0, 0.05) is 24.7 Å². The number of carbonyl (C=O) groups excluding carboxylic acids is 1. The second-order valence-electron chi connectivity index (χ2n) is 9.62. The summed E-state index contributed by atoms with van der Waals surface area (Å²) in [6, 6.07) is 8.06. The Kier molecular flexibility index (Phi) is 10.4. The highest BCUT2D eigenvalue weighted by Crippen LogP contribution is 2.22. The first-order valence-corrected chi connectivity index (χ1v) is 12.7. The number of nitrogens with one attached hydrogen (secondary N) is 1. The number of nitrogens with two attached hydrogens (primary N) is 1. The Morgan fingerprint density at radius 1 is 1.19 bits per heavy atom. The second-order valence-corrected chi connectivity index (χ2v) is 9.98. The minimum atomic E-state index is -0.518. The van der Waals surface area contributed by atoms with Crippen LogP contribution in [0.25, 0.3) is 11.2 Å². The number of carbonyl (C=O) groups is 1. The van der Waals surface area contributed by atoms with E-state index in [1.165, 1.54) is 0 Å². The number of hydrogen-bond acceptors (Lipinski definition) is 7. The molecule has 37 heavy (non-hydrogen) atoms. The van der Waals surface area contributed by atoms with Crippen molar-refractivity contribution in [1.29, 1.82) is 0 Å². The third kappa shape index (κ3) is 9.10. The fourth-order valence-electron chi connectivity index (χ4n) is 3.78. The number of ether oxygens (including phenoxy) is 4. The molecule has 1 aliphatic rings. The molecule has 0 bridgehead atoms. The summed E-state index contributed by atoms with van der Waals surface area (Å²) in [5, 5.41) is 4.94. The van der Waals surface area contributed by atoms with Gasteiger partial charge in [-0.15, -0.1) is 0 Å². The van der Waals surface area contributed by atoms with Crippen molar-refractivity contribution in [3.8, 4) is 5.75 Å². The van der Waals surface area contributed by atoms with Gasteiger partial charge in [-0.2, -0.15) is 0 Å². The van der Waals surface area contributed by atoms with Crippen LogP contribution in [0, 0.1) is 0 Å². The van der Waals surface area contributed by atoms with Crippen molar-refractivity contribution in [2.24, 2.45) is 10.7 Å². The van der Waals surface area contributed by atoms with Crippen molar-refractivity contribution in [2.75, 3.05) is 33.5 Å². The lowest BCUT2D eigenvalue weighted by molar-refractivity contribution is 0.0355. The van der Waals surface area contributed by atoms with Crippen molar-refractivity contribution < 1.29 is 23.7 Å². The zero-order chi connectivity index (χ0) is 26.8. The van der Waals surface area contributed by atoms with Crippen molar-refractivity contribution in [3.63, 3.8) is 0 Å². The van der Waals surface area contributed by atoms with E-state index in [2.05, 4.69) is 21.0 Å². The summed E-state index contributed by atoms with van der Waals surface area (Å²) in [6.07, 6.45) is 5.19. The number of hydrogen-bond donors (Lipinski definition) is 2. The summed E-state index contributed by atoms with van der Waals surface area (Å²) < 4.78 is 24.1. The molecule has 2 aromatic rings. The van der Waals surface area contributed by atoms with Gasteiger partial charge in [0.2, 0.25) is 0 Å². The van der Waals surface area contributed by atoms with Crippen molar-refractivity contribution in [3.05, 3.63) is 52.2 Å². The molecule has 0 saturated heterocycles. The Bertz CT molecular complexity index is 1220. The SMILES string of the molecule is COc1cc(COCCOCCNC(=O)OC(C)(C)C)ccc1Cn1ccc2/c1=C(Cl)\N=C(/N)CC\C=2. The predicted octanol–water partition coefficient (Wildman–Crippen LogP) is 2.84. The van der Waals surface area contributed by atoms with E-state index >= 15 is 0 Å². The number of methoxy groups -OCH3 is 1. The molecule has 10 heteroatoms. The molecule has 0 atom stereocenters. The largest absolute Gasteiger partial charge is 0.496 e. The monoisotopic (exact) mass is 532 g/mol. The van der Waals surface area contributed by atoms with Crippen LogP contribution in [-0.2, 0) is 27.4 Å². The van der Waals surface area contributed by atoms with Crippen LogP contribution >= 0.6 is 11.6 Å². The van der Waals surface area contributed by atoms with Crippen LogP contribution < -0.4 is 26.4 Å². The molecule has 3 N–H and O–H groups in total. The maximum absolute atomic E-state index is 11.6. The summed E-state index contributed by atoms with van der Waals surface area (Å²) in [6.45, 7) is 8.07. The Balaban J connectivity index is 1.49. The van der Waals surface area contributed by atoms with E-state index in [0.717, 1.165) is 33.9 Å². The van der Waals surface area contributed by atoms with Gasteiger partial charge in [-0.1, -0.05) is 29.8 Å². The molecule has 0 spiro atoms. The van der Waals surface area contributed by atoms with Crippen LogP contribution in [0.2, 0.25) is 0 Å². The number of aromatic nitrogens is 1. The maximum atomic E-state index is 11.6. The molecule has 0 saturated carbocycles. The molecule has 2 heterocycles. The highest BCUT2D eigenvalue weighted by molar-refractivity contribution is 6.45. The number of benzene rings is 1. The van der Waals surface area contributed by atoms with E-state index in [4.69, 9.17) is 36.3 Å². The molecule has 9 nitrogen and oxygen atoms in total. The lowest BCUT2D eigenvalue weighted by Gasteiger charge is -2.19. The van der Waals surface area contributed by atoms with Gasteiger partial charge in [-0.05, 0) is 50.1 Å². The fraction of sp³-hybridized carbons (Fsp3) is 0.481. The summed E-state index contributed by atoms with van der Waals surface area (Å²) in [7, 11) is 1.65. The van der Waals surface area contributed by atoms with Crippen LogP contribution in [0.5, 0.6) is 5.75 Å². The van der Waals surface area contributed by atoms with Gasteiger partial charge in [0.05, 0.1) is 45.4 Å². The lowest BCUT2D eigenvalue weighted by Crippen LogP contribution is -2.34. The molecule has 1 aromatic carbocycles. The Morgan fingerprint density at radius 2 is 1.97 bits per heavy atom. The number of aliphatic imine (C=N–C) groups is 1. The van der Waals surface area contributed by atoms with E-state index in [-0.39, 0.29) is 0 Å². The minimum absolute atomic E-state index is 0.374. The zero-order valence-electron chi connectivity index (χ0n) is 22.0. The summed E-state index contributed by atoms with van der Waals surface area (Å²) in [5.74, 6) is 1.30. The van der Waals surface area contributed by atoms with Gasteiger partial charge >= 0.3 is 6.09 Å². The first kappa shape index (κ1) is 28.6. The lowest BCUT2D eigenvalue weighted by atomic mass is 10.1. The van der Waals surface area contributed by atoms with Gasteiger partial charge in [0.15, 0.2) is 5.16 Å². The second kappa shape index (κ2) is 13.5. The van der Waals surface area contributed by atoms with E-state index in [1.54, 1.807) is 7.11 Å². The minimum Gasteiger partial charge on any atom is -0.496 e. The molecule has 0 unspecified atom stereocenters. The molecule has 3 rings (SSSR count). The summed E-state index contributed by atoms with van der Waals surface area (Å²) in [5.41, 5.74) is 7.43. The highest BCUT2D eigenvalue weighted by atomic mass is 35.5. The number of fused-ring (bicyclic) bond motifs is 1. The van der Waals surface area contributed by atoms with Crippen molar-refractivity contribution in [2.45, 2.75) is 52.4 Å². The number of amidine groups is 1. The van der Waals surface area contributed by atoms with Gasteiger partial charge in [-0.3, -0.25) is 0 Å². The highest BCUT2D eigenvalue weighted by Gasteiger charge is 2.15. The smallest absolute Gasteiger partial charge is 0.407 e. The van der Waals surface area contributed by atoms with E-state index in [9.17, 15) is 4.79 Å². The first-order chi connectivity index (χ1) is 17.7. The van der Waals surface area contributed by atoms with E-state index < -0.39 is 11.7 Å². The van der Waals surface area contributed by atoms with Crippen molar-refractivity contribution in [1.82, 2.24) is 9.88 Å². The quantitative estimate of drug-likeness (QED) is 0.340. The summed E-state index contributed by atoms with van der Waals surface area (Å²) >= 11 is 6.50. The standard InChI is InChI=1S/C27H37ClN4O5/c1-27(2,3)37-26(33)30-11-13-35-14-15-36-18-19-8-9-21(22(16-19)34-4)17-32-12-10-20-6-5-7-23(29)31-25(28)24(20)32/h6,8-10,12,16H,5,7,11,13-15,17-18H2,1-4H3,(H2,29,31)(H,30,33)/b20-6-,25-24+. The molecular weight excluding hydrogens is 496 g/mol. The van der Waals surface area contributed by atoms with Crippen LogP contribution in [0.4, 0.5) is 4.79 Å². The fourth-order valence-corrected chi connectivity index (χ4v) is 4.10. The molecule has 1 aromatic heterocycles. The first-order valence-electron chi connectivity index (χ1n) is 12.3. The summed E-state index contributed by atoms with van der Waals surface area (Å²) in [4.78, 5) is 15.9. The average Bonchev–Trinajstić information content (AvgIpc) is 3.21. The van der Waals surface area contributed by atoms with E-state index in [1.807, 2.05) is 51.2 Å². The van der Waals surface area contributed by atoms with Gasteiger partial charge in [0.1, 0.15) is 17.2 Å². The Hall–Kier alpha value is -3.01. The number of amides is 1. The Labute approximate surface area is 222 Å². The molecule has 1 amide bonds. The normalized spacial score (nSPS) is 17.4. The predicted molar refractivity (Wildman–Crippen MR) is 145 cm³/mol. The average molecular weight is 533 g/mol. The Morgan fingerprint density at radius 3 is 2.73 bits per heavy atom. The molecule has 202 valence electrons. The van der Waals surface area contributed by atoms with Crippen LogP contribution in [0.3, 0.4) is 0 Å². The zero-order valence-corrected chi connectivity index (χ0v) is 22.8.